The molecular weight excluding hydrogens is 473 g/mol. The number of amides is 1. The topological polar surface area (TPSA) is 36.4 Å². The highest BCUT2D eigenvalue weighted by Gasteiger charge is 2.24. The minimum atomic E-state index is 0.194. The van der Waals surface area contributed by atoms with Crippen LogP contribution in [-0.4, -0.2) is 47.7 Å². The van der Waals surface area contributed by atoms with Gasteiger partial charge in [-0.2, -0.15) is 0 Å². The number of piperazine rings is 1. The zero-order valence-electron chi connectivity index (χ0n) is 18.7. The van der Waals surface area contributed by atoms with Gasteiger partial charge in [-0.15, -0.1) is 11.8 Å². The first-order valence-electron chi connectivity index (χ1n) is 11.5. The van der Waals surface area contributed by atoms with Crippen LogP contribution >= 0.6 is 35.0 Å². The van der Waals surface area contributed by atoms with Crippen molar-refractivity contribution >= 4 is 57.5 Å². The highest BCUT2D eigenvalue weighted by Crippen LogP contribution is 2.37. The van der Waals surface area contributed by atoms with Crippen LogP contribution in [0.2, 0.25) is 10.0 Å². The Morgan fingerprint density at radius 2 is 1.73 bits per heavy atom. The summed E-state index contributed by atoms with van der Waals surface area (Å²) < 4.78 is 0. The SMILES string of the molecule is Cc1ccc(Cl)cc1N1CCN(C(=O)CSc2c3c(nc4ccc(Cl)cc24)CCCC3)CC1. The molecule has 0 unspecified atom stereocenters. The number of fused-ring (bicyclic) bond motifs is 2. The first-order chi connectivity index (χ1) is 16.0. The molecule has 172 valence electrons. The molecule has 0 saturated carbocycles. The lowest BCUT2D eigenvalue weighted by Crippen LogP contribution is -2.49. The predicted molar refractivity (Wildman–Crippen MR) is 139 cm³/mol. The van der Waals surface area contributed by atoms with E-state index >= 15 is 0 Å². The molecule has 0 bridgehead atoms. The van der Waals surface area contributed by atoms with E-state index in [1.54, 1.807) is 11.8 Å². The van der Waals surface area contributed by atoms with Crippen molar-refractivity contribution in [3.8, 4) is 0 Å². The van der Waals surface area contributed by atoms with Gasteiger partial charge in [0.25, 0.3) is 0 Å². The number of hydrogen-bond acceptors (Lipinski definition) is 4. The van der Waals surface area contributed by atoms with Crippen molar-refractivity contribution in [1.82, 2.24) is 9.88 Å². The van der Waals surface area contributed by atoms with Crippen molar-refractivity contribution in [2.75, 3.05) is 36.8 Å². The number of hydrogen-bond donors (Lipinski definition) is 0. The summed E-state index contributed by atoms with van der Waals surface area (Å²) in [5, 5.41) is 2.53. The number of benzene rings is 2. The third kappa shape index (κ3) is 4.82. The van der Waals surface area contributed by atoms with Crippen LogP contribution in [0.5, 0.6) is 0 Å². The second-order valence-electron chi connectivity index (χ2n) is 8.82. The third-order valence-corrected chi connectivity index (χ3v) is 8.27. The van der Waals surface area contributed by atoms with E-state index in [9.17, 15) is 4.79 Å². The number of thioether (sulfide) groups is 1. The number of rotatable bonds is 4. The standard InChI is InChI=1S/C26H27Cl2N3OS/c1-17-6-7-19(28)15-24(17)30-10-12-31(13-11-30)25(32)16-33-26-20-4-2-3-5-22(20)29-23-9-8-18(27)14-21(23)26/h6-9,14-15H,2-5,10-13,16H2,1H3. The molecule has 0 N–H and O–H groups in total. The molecule has 1 aromatic heterocycles. The molecule has 4 nitrogen and oxygen atoms in total. The number of anilines is 1. The van der Waals surface area contributed by atoms with E-state index in [0.29, 0.717) is 10.8 Å². The number of aryl methyl sites for hydroxylation is 2. The third-order valence-electron chi connectivity index (χ3n) is 6.66. The summed E-state index contributed by atoms with van der Waals surface area (Å²) in [4.78, 5) is 23.5. The Morgan fingerprint density at radius 3 is 2.55 bits per heavy atom. The summed E-state index contributed by atoms with van der Waals surface area (Å²) in [6.45, 7) is 5.20. The molecule has 1 amide bonds. The first kappa shape index (κ1) is 22.8. The maximum absolute atomic E-state index is 13.1. The van der Waals surface area contributed by atoms with Gasteiger partial charge in [0.05, 0.1) is 11.3 Å². The second-order valence-corrected chi connectivity index (χ2v) is 10.7. The minimum absolute atomic E-state index is 0.194. The molecule has 1 saturated heterocycles. The Morgan fingerprint density at radius 1 is 1.00 bits per heavy atom. The lowest BCUT2D eigenvalue weighted by Gasteiger charge is -2.37. The van der Waals surface area contributed by atoms with E-state index in [0.717, 1.165) is 60.6 Å². The Labute approximate surface area is 209 Å². The van der Waals surface area contributed by atoms with E-state index < -0.39 is 0 Å². The van der Waals surface area contributed by atoms with E-state index in [4.69, 9.17) is 28.2 Å². The molecule has 0 atom stereocenters. The number of pyridine rings is 1. The number of carbonyl (C=O) groups excluding carboxylic acids is 1. The normalized spacial score (nSPS) is 16.2. The molecule has 3 aromatic rings. The average Bonchev–Trinajstić information content (AvgIpc) is 2.83. The molecule has 33 heavy (non-hydrogen) atoms. The molecule has 7 heteroatoms. The van der Waals surface area contributed by atoms with Gasteiger partial charge in [0.2, 0.25) is 5.91 Å². The molecular formula is C26H27Cl2N3OS. The first-order valence-corrected chi connectivity index (χ1v) is 13.3. The number of halogens is 2. The van der Waals surface area contributed by atoms with Crippen LogP contribution in [0.15, 0.2) is 41.3 Å². The van der Waals surface area contributed by atoms with Crippen molar-refractivity contribution in [3.05, 3.63) is 63.3 Å². The number of aromatic nitrogens is 1. The van der Waals surface area contributed by atoms with Gasteiger partial charge in [0.15, 0.2) is 0 Å². The maximum atomic E-state index is 13.1. The van der Waals surface area contributed by atoms with Crippen molar-refractivity contribution in [3.63, 3.8) is 0 Å². The van der Waals surface area contributed by atoms with Crippen LogP contribution in [0.25, 0.3) is 10.9 Å². The molecule has 1 fully saturated rings. The van der Waals surface area contributed by atoms with Crippen LogP contribution in [0, 0.1) is 6.92 Å². The van der Waals surface area contributed by atoms with Gasteiger partial charge in [-0.05, 0) is 74.1 Å². The monoisotopic (exact) mass is 499 g/mol. The van der Waals surface area contributed by atoms with Crippen LogP contribution in [0.1, 0.15) is 29.7 Å². The van der Waals surface area contributed by atoms with Crippen molar-refractivity contribution in [2.45, 2.75) is 37.5 Å². The number of nitrogens with zero attached hydrogens (tertiary/aromatic N) is 3. The van der Waals surface area contributed by atoms with Gasteiger partial charge in [-0.1, -0.05) is 29.3 Å². The molecule has 2 aromatic carbocycles. The zero-order valence-corrected chi connectivity index (χ0v) is 21.1. The number of carbonyl (C=O) groups is 1. The van der Waals surface area contributed by atoms with E-state index in [2.05, 4.69) is 17.9 Å². The highest BCUT2D eigenvalue weighted by atomic mass is 35.5. The molecule has 0 radical (unpaired) electrons. The smallest absolute Gasteiger partial charge is 0.233 e. The van der Waals surface area contributed by atoms with Crippen molar-refractivity contribution in [1.29, 1.82) is 0 Å². The van der Waals surface area contributed by atoms with Crippen LogP contribution in [0.3, 0.4) is 0 Å². The minimum Gasteiger partial charge on any atom is -0.368 e. The van der Waals surface area contributed by atoms with Crippen LogP contribution in [0.4, 0.5) is 5.69 Å². The Bertz CT molecular complexity index is 1210. The zero-order chi connectivity index (χ0) is 22.9. The fraction of sp³-hybridized carbons (Fsp3) is 0.385. The molecule has 0 spiro atoms. The van der Waals surface area contributed by atoms with Gasteiger partial charge in [-0.3, -0.25) is 9.78 Å². The second kappa shape index (κ2) is 9.73. The summed E-state index contributed by atoms with van der Waals surface area (Å²) in [6, 6.07) is 11.9. The van der Waals surface area contributed by atoms with E-state index in [-0.39, 0.29) is 5.91 Å². The molecule has 2 heterocycles. The van der Waals surface area contributed by atoms with Gasteiger partial charge >= 0.3 is 0 Å². The Hall–Kier alpha value is -1.95. The lowest BCUT2D eigenvalue weighted by molar-refractivity contribution is -0.128. The van der Waals surface area contributed by atoms with Gasteiger partial charge < -0.3 is 9.80 Å². The average molecular weight is 500 g/mol. The van der Waals surface area contributed by atoms with Crippen molar-refractivity contribution in [2.24, 2.45) is 0 Å². The van der Waals surface area contributed by atoms with E-state index in [1.165, 1.54) is 34.6 Å². The summed E-state index contributed by atoms with van der Waals surface area (Å²) in [5.74, 6) is 0.632. The summed E-state index contributed by atoms with van der Waals surface area (Å²) in [5.41, 5.74) is 5.85. The maximum Gasteiger partial charge on any atom is 0.233 e. The van der Waals surface area contributed by atoms with E-state index in [1.807, 2.05) is 35.2 Å². The van der Waals surface area contributed by atoms with Crippen LogP contribution in [-0.2, 0) is 17.6 Å². The summed E-state index contributed by atoms with van der Waals surface area (Å²) >= 11 is 14.2. The largest absolute Gasteiger partial charge is 0.368 e. The fourth-order valence-corrected chi connectivity index (χ4v) is 6.36. The Balaban J connectivity index is 1.29. The van der Waals surface area contributed by atoms with Crippen molar-refractivity contribution < 1.29 is 4.79 Å². The van der Waals surface area contributed by atoms with Crippen LogP contribution < -0.4 is 4.90 Å². The quantitative estimate of drug-likeness (QED) is 0.402. The van der Waals surface area contributed by atoms with Gasteiger partial charge in [0, 0.05) is 57.9 Å². The van der Waals surface area contributed by atoms with Gasteiger partial charge in [-0.25, -0.2) is 0 Å². The summed E-state index contributed by atoms with van der Waals surface area (Å²) in [7, 11) is 0. The fourth-order valence-electron chi connectivity index (χ4n) is 4.86. The molecule has 1 aliphatic carbocycles. The summed E-state index contributed by atoms with van der Waals surface area (Å²) in [6.07, 6.45) is 4.39. The Kier molecular flexibility index (Phi) is 6.73. The molecule has 5 rings (SSSR count). The molecule has 2 aliphatic rings. The highest BCUT2D eigenvalue weighted by molar-refractivity contribution is 8.00. The van der Waals surface area contributed by atoms with Gasteiger partial charge in [0.1, 0.15) is 0 Å². The molecule has 1 aliphatic heterocycles. The predicted octanol–water partition coefficient (Wildman–Crippen LogP) is 6.17. The lowest BCUT2D eigenvalue weighted by atomic mass is 9.94.